The molecule has 1 aliphatic rings. The van der Waals surface area contributed by atoms with Gasteiger partial charge in [0.25, 0.3) is 5.91 Å². The van der Waals surface area contributed by atoms with Crippen LogP contribution in [-0.2, 0) is 14.4 Å². The molecule has 3 atom stereocenters. The van der Waals surface area contributed by atoms with Gasteiger partial charge in [-0.2, -0.15) is 0 Å². The van der Waals surface area contributed by atoms with Crippen LogP contribution >= 0.6 is 0 Å². The summed E-state index contributed by atoms with van der Waals surface area (Å²) in [6.07, 6.45) is 2.53. The highest BCUT2D eigenvalue weighted by molar-refractivity contribution is 6.36. The second kappa shape index (κ2) is 6.68. The second-order valence-corrected chi connectivity index (χ2v) is 5.58. The van der Waals surface area contributed by atoms with E-state index >= 15 is 0 Å². The fourth-order valence-corrected chi connectivity index (χ4v) is 2.61. The van der Waals surface area contributed by atoms with E-state index in [2.05, 4.69) is 5.32 Å². The molecule has 5 heteroatoms. The summed E-state index contributed by atoms with van der Waals surface area (Å²) >= 11 is 0. The van der Waals surface area contributed by atoms with Crippen LogP contribution in [0.4, 0.5) is 0 Å². The van der Waals surface area contributed by atoms with Crippen LogP contribution in [0, 0.1) is 11.8 Å². The molecule has 0 spiro atoms. The standard InChI is InChI=1S/C14H24N2O3/c1-5-12(17)13(18)15-11-7-6-10(8-9(11)2)14(19)16(3)4/h9-11H,5-8H2,1-4H3,(H,15,18)/t9-,10+,11+/m1/s1. The van der Waals surface area contributed by atoms with E-state index in [-0.39, 0.29) is 36.0 Å². The quantitative estimate of drug-likeness (QED) is 0.773. The highest BCUT2D eigenvalue weighted by atomic mass is 16.2. The minimum atomic E-state index is -0.489. The summed E-state index contributed by atoms with van der Waals surface area (Å²) in [6.45, 7) is 3.70. The molecule has 0 aromatic heterocycles. The zero-order valence-corrected chi connectivity index (χ0v) is 12.2. The van der Waals surface area contributed by atoms with E-state index in [4.69, 9.17) is 0 Å². The Morgan fingerprint density at radius 3 is 2.32 bits per heavy atom. The molecule has 5 nitrogen and oxygen atoms in total. The molecule has 0 aliphatic heterocycles. The van der Waals surface area contributed by atoms with Gasteiger partial charge >= 0.3 is 0 Å². The van der Waals surface area contributed by atoms with Crippen molar-refractivity contribution in [3.05, 3.63) is 0 Å². The number of carbonyl (C=O) groups excluding carboxylic acids is 3. The van der Waals surface area contributed by atoms with E-state index < -0.39 is 5.91 Å². The minimum absolute atomic E-state index is 0.00853. The number of rotatable bonds is 4. The first kappa shape index (κ1) is 15.7. The van der Waals surface area contributed by atoms with E-state index in [1.165, 1.54) is 0 Å². The molecule has 0 radical (unpaired) electrons. The molecule has 1 saturated carbocycles. The average Bonchev–Trinajstić information content (AvgIpc) is 2.38. The SMILES string of the molecule is CCC(=O)C(=O)N[C@H]1CC[C@H](C(=O)N(C)C)C[C@H]1C. The molecular formula is C14H24N2O3. The maximum atomic E-state index is 11.9. The Balaban J connectivity index is 2.53. The van der Waals surface area contributed by atoms with Crippen molar-refractivity contribution in [2.45, 2.75) is 45.6 Å². The molecule has 0 bridgehead atoms. The zero-order valence-electron chi connectivity index (χ0n) is 12.2. The van der Waals surface area contributed by atoms with Gasteiger partial charge in [0.2, 0.25) is 11.7 Å². The lowest BCUT2D eigenvalue weighted by Crippen LogP contribution is -2.47. The predicted octanol–water partition coefficient (Wildman–Crippen LogP) is 0.975. The maximum absolute atomic E-state index is 11.9. The molecule has 0 unspecified atom stereocenters. The third kappa shape index (κ3) is 4.04. The number of hydrogen-bond acceptors (Lipinski definition) is 3. The van der Waals surface area contributed by atoms with E-state index in [1.54, 1.807) is 25.9 Å². The summed E-state index contributed by atoms with van der Waals surface area (Å²) in [6, 6.07) is 0.00853. The monoisotopic (exact) mass is 268 g/mol. The summed E-state index contributed by atoms with van der Waals surface area (Å²) in [4.78, 5) is 36.4. The third-order valence-corrected chi connectivity index (χ3v) is 3.85. The predicted molar refractivity (Wildman–Crippen MR) is 72.4 cm³/mol. The Bertz CT molecular complexity index is 366. The fraction of sp³-hybridized carbons (Fsp3) is 0.786. The number of amides is 2. The van der Waals surface area contributed by atoms with Crippen LogP contribution in [0.5, 0.6) is 0 Å². The molecule has 1 N–H and O–H groups in total. The van der Waals surface area contributed by atoms with Crippen molar-refractivity contribution in [3.8, 4) is 0 Å². The molecular weight excluding hydrogens is 244 g/mol. The van der Waals surface area contributed by atoms with Crippen LogP contribution in [-0.4, -0.2) is 42.6 Å². The molecule has 0 aromatic carbocycles. The number of ketones is 1. The molecule has 2 amide bonds. The van der Waals surface area contributed by atoms with Crippen LogP contribution in [0.25, 0.3) is 0 Å². The molecule has 108 valence electrons. The number of hydrogen-bond donors (Lipinski definition) is 1. The molecule has 0 heterocycles. The van der Waals surface area contributed by atoms with Gasteiger partial charge in [-0.3, -0.25) is 14.4 Å². The fourth-order valence-electron chi connectivity index (χ4n) is 2.61. The smallest absolute Gasteiger partial charge is 0.287 e. The molecule has 19 heavy (non-hydrogen) atoms. The molecule has 1 aliphatic carbocycles. The van der Waals surface area contributed by atoms with Crippen molar-refractivity contribution in [1.29, 1.82) is 0 Å². The summed E-state index contributed by atoms with van der Waals surface area (Å²) in [5, 5.41) is 2.79. The molecule has 0 aromatic rings. The van der Waals surface area contributed by atoms with Crippen LogP contribution < -0.4 is 5.32 Å². The normalized spacial score (nSPS) is 26.6. The average molecular weight is 268 g/mol. The van der Waals surface area contributed by atoms with Crippen molar-refractivity contribution in [2.75, 3.05) is 14.1 Å². The van der Waals surface area contributed by atoms with Gasteiger partial charge < -0.3 is 10.2 Å². The van der Waals surface area contributed by atoms with Crippen molar-refractivity contribution in [3.63, 3.8) is 0 Å². The molecule has 1 fully saturated rings. The molecule has 1 rings (SSSR count). The Hall–Kier alpha value is -1.39. The lowest BCUT2D eigenvalue weighted by molar-refractivity contribution is -0.139. The van der Waals surface area contributed by atoms with E-state index in [9.17, 15) is 14.4 Å². The Kier molecular flexibility index (Phi) is 5.51. The Labute approximate surface area is 114 Å². The Morgan fingerprint density at radius 2 is 1.84 bits per heavy atom. The van der Waals surface area contributed by atoms with Crippen LogP contribution in [0.15, 0.2) is 0 Å². The van der Waals surface area contributed by atoms with Gasteiger partial charge in [-0.1, -0.05) is 13.8 Å². The van der Waals surface area contributed by atoms with Gasteiger partial charge in [0.1, 0.15) is 0 Å². The summed E-state index contributed by atoms with van der Waals surface area (Å²) < 4.78 is 0. The van der Waals surface area contributed by atoms with Gasteiger partial charge in [-0.25, -0.2) is 0 Å². The van der Waals surface area contributed by atoms with Gasteiger partial charge in [0.05, 0.1) is 0 Å². The first-order valence-corrected chi connectivity index (χ1v) is 6.91. The first-order chi connectivity index (χ1) is 8.86. The number of Topliss-reactive ketones (excluding diaryl/α,β-unsaturated/α-hetero) is 1. The second-order valence-electron chi connectivity index (χ2n) is 5.58. The van der Waals surface area contributed by atoms with Gasteiger partial charge in [-0.15, -0.1) is 0 Å². The lowest BCUT2D eigenvalue weighted by atomic mass is 9.78. The van der Waals surface area contributed by atoms with E-state index in [0.717, 1.165) is 19.3 Å². The molecule has 0 saturated heterocycles. The number of nitrogens with one attached hydrogen (secondary N) is 1. The van der Waals surface area contributed by atoms with E-state index in [1.807, 2.05) is 6.92 Å². The minimum Gasteiger partial charge on any atom is -0.349 e. The van der Waals surface area contributed by atoms with Crippen molar-refractivity contribution in [2.24, 2.45) is 11.8 Å². The van der Waals surface area contributed by atoms with Crippen LogP contribution in [0.2, 0.25) is 0 Å². The van der Waals surface area contributed by atoms with Gasteiger partial charge in [-0.05, 0) is 25.2 Å². The summed E-state index contributed by atoms with van der Waals surface area (Å²) in [7, 11) is 3.53. The topological polar surface area (TPSA) is 66.5 Å². The van der Waals surface area contributed by atoms with Gasteiger partial charge in [0, 0.05) is 32.5 Å². The zero-order chi connectivity index (χ0) is 14.6. The Morgan fingerprint density at radius 1 is 1.21 bits per heavy atom. The summed E-state index contributed by atoms with van der Waals surface area (Å²) in [5.41, 5.74) is 0. The highest BCUT2D eigenvalue weighted by Gasteiger charge is 2.33. The van der Waals surface area contributed by atoms with E-state index in [0.29, 0.717) is 0 Å². The van der Waals surface area contributed by atoms with Crippen molar-refractivity contribution >= 4 is 17.6 Å². The highest BCUT2D eigenvalue weighted by Crippen LogP contribution is 2.30. The number of carbonyl (C=O) groups is 3. The number of nitrogens with zero attached hydrogens (tertiary/aromatic N) is 1. The maximum Gasteiger partial charge on any atom is 0.287 e. The lowest BCUT2D eigenvalue weighted by Gasteiger charge is -2.34. The third-order valence-electron chi connectivity index (χ3n) is 3.85. The van der Waals surface area contributed by atoms with Crippen molar-refractivity contribution in [1.82, 2.24) is 10.2 Å². The first-order valence-electron chi connectivity index (χ1n) is 6.91. The van der Waals surface area contributed by atoms with Gasteiger partial charge in [0.15, 0.2) is 0 Å². The van der Waals surface area contributed by atoms with Crippen molar-refractivity contribution < 1.29 is 14.4 Å². The van der Waals surface area contributed by atoms with Crippen LogP contribution in [0.1, 0.15) is 39.5 Å². The summed E-state index contributed by atoms with van der Waals surface area (Å²) in [5.74, 6) is -0.451. The van der Waals surface area contributed by atoms with Crippen LogP contribution in [0.3, 0.4) is 0 Å². The largest absolute Gasteiger partial charge is 0.349 e.